The molecule has 0 bridgehead atoms. The normalized spacial score (nSPS) is 20.3. The standard InChI is InChI=1S/C25H29Cl2N5OS2/c1-24(2,3)35(33)30-23-18-7-5-11-32(18)16-25(23)9-12-31(13-10-25)20-14-29-21(15-28-20)34-19-8-4-6-17(26)22(19)27/h4-8,11,14-15,23,30H,9-10,12-13,16H2,1-3H3/t23-,35?/m1/s1. The minimum atomic E-state index is -1.13. The van der Waals surface area contributed by atoms with E-state index in [9.17, 15) is 4.55 Å². The Morgan fingerprint density at radius 3 is 2.57 bits per heavy atom. The number of rotatable bonds is 5. The molecule has 0 aliphatic carbocycles. The number of aromatic nitrogens is 3. The average molecular weight is 551 g/mol. The molecule has 3 aromatic rings. The van der Waals surface area contributed by atoms with Gasteiger partial charge in [0.1, 0.15) is 15.6 Å². The highest BCUT2D eigenvalue weighted by Gasteiger charge is 2.50. The van der Waals surface area contributed by atoms with E-state index in [2.05, 4.69) is 37.5 Å². The molecule has 0 amide bonds. The van der Waals surface area contributed by atoms with E-state index >= 15 is 0 Å². The van der Waals surface area contributed by atoms with E-state index < -0.39 is 11.4 Å². The van der Waals surface area contributed by atoms with Crippen LogP contribution in [0.25, 0.3) is 0 Å². The SMILES string of the molecule is CC(C)(C)[S+]([O-])N[C@@H]1c2cccn2CC12CCN(c1cnc(Sc3cccc(Cl)c3Cl)cn1)CC2. The Hall–Kier alpha value is -1.42. The number of hydrogen-bond acceptors (Lipinski definition) is 6. The van der Waals surface area contributed by atoms with Crippen LogP contribution in [0.5, 0.6) is 0 Å². The van der Waals surface area contributed by atoms with E-state index in [4.69, 9.17) is 28.2 Å². The van der Waals surface area contributed by atoms with Gasteiger partial charge in [-0.25, -0.2) is 9.97 Å². The van der Waals surface area contributed by atoms with Crippen LogP contribution in [0, 0.1) is 5.41 Å². The molecular weight excluding hydrogens is 521 g/mol. The minimum Gasteiger partial charge on any atom is -0.598 e. The highest BCUT2D eigenvalue weighted by Crippen LogP contribution is 2.50. The molecule has 4 heterocycles. The lowest BCUT2D eigenvalue weighted by Crippen LogP contribution is -2.50. The third-order valence-electron chi connectivity index (χ3n) is 6.87. The van der Waals surface area contributed by atoms with Gasteiger partial charge in [0.15, 0.2) is 0 Å². The Kier molecular flexibility index (Phi) is 7.07. The van der Waals surface area contributed by atoms with E-state index in [1.165, 1.54) is 17.5 Å². The fraction of sp³-hybridized carbons (Fsp3) is 0.440. The first-order valence-corrected chi connectivity index (χ1v) is 14.4. The number of anilines is 1. The number of benzene rings is 1. The molecular formula is C25H29Cl2N5OS2. The molecule has 1 fully saturated rings. The third kappa shape index (κ3) is 5.06. The van der Waals surface area contributed by atoms with Gasteiger partial charge in [-0.3, -0.25) is 0 Å². The minimum absolute atomic E-state index is 0.0422. The Bertz CT molecular complexity index is 1190. The molecule has 1 spiro atoms. The number of nitrogens with zero attached hydrogens (tertiary/aromatic N) is 4. The van der Waals surface area contributed by atoms with Crippen molar-refractivity contribution in [2.75, 3.05) is 18.0 Å². The van der Waals surface area contributed by atoms with E-state index in [1.54, 1.807) is 12.3 Å². The van der Waals surface area contributed by atoms with Gasteiger partial charge in [-0.15, -0.1) is 4.72 Å². The Morgan fingerprint density at radius 1 is 1.11 bits per heavy atom. The van der Waals surface area contributed by atoms with Crippen LogP contribution in [0.1, 0.15) is 45.3 Å². The summed E-state index contributed by atoms with van der Waals surface area (Å²) in [5.74, 6) is 0.877. The molecule has 0 saturated carbocycles. The summed E-state index contributed by atoms with van der Waals surface area (Å²) in [6.45, 7) is 8.75. The van der Waals surface area contributed by atoms with Gasteiger partial charge < -0.3 is 14.0 Å². The van der Waals surface area contributed by atoms with Gasteiger partial charge in [0.25, 0.3) is 0 Å². The summed E-state index contributed by atoms with van der Waals surface area (Å²) in [6.07, 6.45) is 7.74. The first-order valence-electron chi connectivity index (χ1n) is 11.7. The van der Waals surface area contributed by atoms with Crippen molar-refractivity contribution in [2.24, 2.45) is 5.41 Å². The summed E-state index contributed by atoms with van der Waals surface area (Å²) in [5.41, 5.74) is 1.28. The van der Waals surface area contributed by atoms with Crippen molar-refractivity contribution in [2.45, 2.75) is 60.9 Å². The van der Waals surface area contributed by atoms with Crippen molar-refractivity contribution < 1.29 is 4.55 Å². The van der Waals surface area contributed by atoms with Crippen LogP contribution in [-0.2, 0) is 17.9 Å². The molecule has 2 aliphatic rings. The Morgan fingerprint density at radius 2 is 1.89 bits per heavy atom. The first kappa shape index (κ1) is 25.2. The van der Waals surface area contributed by atoms with Gasteiger partial charge >= 0.3 is 0 Å². The van der Waals surface area contributed by atoms with Gasteiger partial charge in [0.2, 0.25) is 0 Å². The Labute approximate surface area is 224 Å². The molecule has 186 valence electrons. The molecule has 1 unspecified atom stereocenters. The summed E-state index contributed by atoms with van der Waals surface area (Å²) in [4.78, 5) is 12.5. The average Bonchev–Trinajstić information content (AvgIpc) is 3.38. The summed E-state index contributed by atoms with van der Waals surface area (Å²) in [5, 5.41) is 1.83. The molecule has 5 rings (SSSR count). The van der Waals surface area contributed by atoms with E-state index in [1.807, 2.05) is 39.1 Å². The van der Waals surface area contributed by atoms with Gasteiger partial charge in [-0.1, -0.05) is 41.0 Å². The van der Waals surface area contributed by atoms with E-state index in [-0.39, 0.29) is 16.2 Å². The second-order valence-corrected chi connectivity index (χ2v) is 14.1. The smallest absolute Gasteiger partial charge is 0.147 e. The highest BCUT2D eigenvalue weighted by atomic mass is 35.5. The summed E-state index contributed by atoms with van der Waals surface area (Å²) in [6, 6.07) is 9.89. The molecule has 0 radical (unpaired) electrons. The summed E-state index contributed by atoms with van der Waals surface area (Å²) >= 11 is 12.8. The molecule has 2 aromatic heterocycles. The zero-order chi connectivity index (χ0) is 24.8. The van der Waals surface area contributed by atoms with Crippen LogP contribution in [-0.4, -0.2) is 36.9 Å². The molecule has 2 atom stereocenters. The van der Waals surface area contributed by atoms with Crippen LogP contribution in [0.15, 0.2) is 58.8 Å². The number of hydrogen-bond donors (Lipinski definition) is 1. The first-order chi connectivity index (χ1) is 16.7. The second kappa shape index (κ2) is 9.80. The summed E-state index contributed by atoms with van der Waals surface area (Å²) < 4.78 is 18.5. The lowest BCUT2D eigenvalue weighted by molar-refractivity contribution is 0.164. The predicted octanol–water partition coefficient (Wildman–Crippen LogP) is 6.13. The molecule has 1 aromatic carbocycles. The lowest BCUT2D eigenvalue weighted by Gasteiger charge is -2.43. The third-order valence-corrected chi connectivity index (χ3v) is 10.3. The number of piperidine rings is 1. The number of fused-ring (bicyclic) bond motifs is 1. The fourth-order valence-electron chi connectivity index (χ4n) is 4.88. The molecule has 10 heteroatoms. The molecule has 35 heavy (non-hydrogen) atoms. The fourth-order valence-corrected chi connectivity index (χ4v) is 7.07. The van der Waals surface area contributed by atoms with Crippen molar-refractivity contribution in [3.05, 3.63) is 64.7 Å². The highest BCUT2D eigenvalue weighted by molar-refractivity contribution is 7.99. The van der Waals surface area contributed by atoms with Crippen LogP contribution < -0.4 is 9.62 Å². The maximum atomic E-state index is 13.0. The van der Waals surface area contributed by atoms with Crippen molar-refractivity contribution in [1.82, 2.24) is 19.3 Å². The predicted molar refractivity (Wildman–Crippen MR) is 145 cm³/mol. The molecule has 1 saturated heterocycles. The molecule has 2 aliphatic heterocycles. The van der Waals surface area contributed by atoms with Crippen molar-refractivity contribution in [1.29, 1.82) is 0 Å². The van der Waals surface area contributed by atoms with Crippen LogP contribution in [0.4, 0.5) is 5.82 Å². The largest absolute Gasteiger partial charge is 0.598 e. The number of nitrogens with one attached hydrogen (secondary N) is 1. The van der Waals surface area contributed by atoms with Crippen molar-refractivity contribution in [3.8, 4) is 0 Å². The van der Waals surface area contributed by atoms with Crippen molar-refractivity contribution >= 4 is 52.1 Å². The van der Waals surface area contributed by atoms with Gasteiger partial charge in [-0.05, 0) is 57.9 Å². The quantitative estimate of drug-likeness (QED) is 0.386. The topological polar surface area (TPSA) is 69.0 Å². The van der Waals surface area contributed by atoms with Crippen molar-refractivity contribution in [3.63, 3.8) is 0 Å². The summed E-state index contributed by atoms with van der Waals surface area (Å²) in [7, 11) is 0. The van der Waals surface area contributed by atoms with Gasteiger partial charge in [-0.2, -0.15) is 0 Å². The Balaban J connectivity index is 1.27. The van der Waals surface area contributed by atoms with Gasteiger partial charge in [0, 0.05) is 53.2 Å². The van der Waals surface area contributed by atoms with E-state index in [0.29, 0.717) is 10.0 Å². The van der Waals surface area contributed by atoms with E-state index in [0.717, 1.165) is 48.2 Å². The lowest BCUT2D eigenvalue weighted by atomic mass is 9.73. The zero-order valence-corrected chi connectivity index (χ0v) is 23.1. The zero-order valence-electron chi connectivity index (χ0n) is 20.0. The van der Waals surface area contributed by atoms with Crippen LogP contribution in [0.2, 0.25) is 10.0 Å². The maximum Gasteiger partial charge on any atom is 0.147 e. The number of halogens is 2. The van der Waals surface area contributed by atoms with Crippen LogP contribution in [0.3, 0.4) is 0 Å². The maximum absolute atomic E-state index is 13.0. The molecule has 6 nitrogen and oxygen atoms in total. The van der Waals surface area contributed by atoms with Crippen LogP contribution >= 0.6 is 35.0 Å². The second-order valence-electron chi connectivity index (χ2n) is 10.2. The monoisotopic (exact) mass is 549 g/mol. The van der Waals surface area contributed by atoms with Gasteiger partial charge in [0.05, 0.1) is 28.5 Å². The molecule has 1 N–H and O–H groups in total.